The van der Waals surface area contributed by atoms with E-state index < -0.39 is 0 Å². The molecule has 1 aliphatic rings. The van der Waals surface area contributed by atoms with Gasteiger partial charge in [0.25, 0.3) is 0 Å². The predicted octanol–water partition coefficient (Wildman–Crippen LogP) is 0.0659. The van der Waals surface area contributed by atoms with Gasteiger partial charge in [0.2, 0.25) is 0 Å². The molecule has 4 N–H and O–H groups in total. The fraction of sp³-hybridized carbons (Fsp3) is 0.667. The maximum atomic E-state index is 5.90. The molecule has 0 bridgehead atoms. The van der Waals surface area contributed by atoms with Crippen LogP contribution in [0.2, 0.25) is 0 Å². The van der Waals surface area contributed by atoms with E-state index in [1.54, 1.807) is 4.68 Å². The highest BCUT2D eigenvalue weighted by Crippen LogP contribution is 2.27. The molecule has 72 valence electrons. The molecule has 1 aliphatic carbocycles. The Balaban J connectivity index is 2.32. The van der Waals surface area contributed by atoms with Crippen molar-refractivity contribution >= 4 is 5.82 Å². The zero-order valence-corrected chi connectivity index (χ0v) is 7.95. The van der Waals surface area contributed by atoms with Crippen molar-refractivity contribution in [3.63, 3.8) is 0 Å². The van der Waals surface area contributed by atoms with Crippen molar-refractivity contribution < 1.29 is 0 Å². The quantitative estimate of drug-likeness (QED) is 0.642. The molecule has 0 spiro atoms. The molecule has 0 fully saturated rings. The molecule has 0 radical (unpaired) electrons. The van der Waals surface area contributed by atoms with Gasteiger partial charge in [0.1, 0.15) is 5.82 Å². The number of hydrogen-bond donors (Lipinski definition) is 2. The number of nitrogen functional groups attached to an aromatic ring is 1. The van der Waals surface area contributed by atoms with Crippen molar-refractivity contribution in [1.29, 1.82) is 0 Å². The third-order valence-electron chi connectivity index (χ3n) is 2.89. The minimum atomic E-state index is 0.596. The second-order valence-electron chi connectivity index (χ2n) is 3.78. The van der Waals surface area contributed by atoms with Gasteiger partial charge in [0, 0.05) is 12.6 Å². The summed E-state index contributed by atoms with van der Waals surface area (Å²) in [5, 5.41) is 4.37. The first-order valence-corrected chi connectivity index (χ1v) is 4.72. The van der Waals surface area contributed by atoms with E-state index in [-0.39, 0.29) is 0 Å². The monoisotopic (exact) mass is 180 g/mol. The molecule has 4 heteroatoms. The second kappa shape index (κ2) is 3.03. The van der Waals surface area contributed by atoms with Gasteiger partial charge in [-0.2, -0.15) is 5.10 Å². The van der Waals surface area contributed by atoms with Crippen LogP contribution in [-0.4, -0.2) is 16.3 Å². The van der Waals surface area contributed by atoms with Gasteiger partial charge < -0.3 is 11.5 Å². The summed E-state index contributed by atoms with van der Waals surface area (Å²) in [6.07, 6.45) is 3.19. The second-order valence-corrected chi connectivity index (χ2v) is 3.78. The molecule has 1 atom stereocenters. The maximum absolute atomic E-state index is 5.90. The number of fused-ring (bicyclic) bond motifs is 1. The van der Waals surface area contributed by atoms with Gasteiger partial charge in [-0.15, -0.1) is 0 Å². The van der Waals surface area contributed by atoms with E-state index in [4.69, 9.17) is 11.5 Å². The standard InChI is InChI=1S/C9H16N4/c1-13-9(11)7-4-6(5-10)2-3-8(7)12-13/h6H,2-5,10-11H2,1H3. The number of nitrogens with zero attached hydrogens (tertiary/aromatic N) is 2. The number of aryl methyl sites for hydroxylation is 2. The van der Waals surface area contributed by atoms with Crippen molar-refractivity contribution in [3.05, 3.63) is 11.3 Å². The molecule has 1 aromatic heterocycles. The third-order valence-corrected chi connectivity index (χ3v) is 2.89. The van der Waals surface area contributed by atoms with E-state index in [1.807, 2.05) is 7.05 Å². The summed E-state index contributed by atoms with van der Waals surface area (Å²) in [6, 6.07) is 0. The minimum absolute atomic E-state index is 0.596. The van der Waals surface area contributed by atoms with Crippen LogP contribution in [0.5, 0.6) is 0 Å². The van der Waals surface area contributed by atoms with Crippen LogP contribution in [0.15, 0.2) is 0 Å². The van der Waals surface area contributed by atoms with Crippen LogP contribution in [0.25, 0.3) is 0 Å². The Bertz CT molecular complexity index is 316. The van der Waals surface area contributed by atoms with Crippen molar-refractivity contribution in [3.8, 4) is 0 Å². The molecule has 0 aliphatic heterocycles. The topological polar surface area (TPSA) is 69.9 Å². The molecule has 1 heterocycles. The highest BCUT2D eigenvalue weighted by atomic mass is 15.3. The van der Waals surface area contributed by atoms with Gasteiger partial charge in [0.15, 0.2) is 0 Å². The first-order valence-electron chi connectivity index (χ1n) is 4.72. The summed E-state index contributed by atoms with van der Waals surface area (Å²) in [6.45, 7) is 0.758. The first-order chi connectivity index (χ1) is 6.22. The Kier molecular flexibility index (Phi) is 2.00. The van der Waals surface area contributed by atoms with Crippen molar-refractivity contribution in [2.75, 3.05) is 12.3 Å². The van der Waals surface area contributed by atoms with Crippen LogP contribution in [-0.2, 0) is 19.9 Å². The zero-order valence-electron chi connectivity index (χ0n) is 7.95. The zero-order chi connectivity index (χ0) is 9.42. The lowest BCUT2D eigenvalue weighted by Gasteiger charge is -2.19. The van der Waals surface area contributed by atoms with Crippen LogP contribution in [0.1, 0.15) is 17.7 Å². The Morgan fingerprint density at radius 3 is 3.08 bits per heavy atom. The van der Waals surface area contributed by atoms with Gasteiger partial charge in [-0.05, 0) is 31.7 Å². The van der Waals surface area contributed by atoms with Gasteiger partial charge in [-0.3, -0.25) is 4.68 Å². The Labute approximate surface area is 77.9 Å². The van der Waals surface area contributed by atoms with E-state index in [2.05, 4.69) is 5.10 Å². The van der Waals surface area contributed by atoms with Crippen LogP contribution in [0.4, 0.5) is 5.82 Å². The fourth-order valence-corrected chi connectivity index (χ4v) is 1.99. The number of aromatic nitrogens is 2. The summed E-state index contributed by atoms with van der Waals surface area (Å²) in [5.41, 5.74) is 13.9. The summed E-state index contributed by atoms with van der Waals surface area (Å²) < 4.78 is 1.77. The number of hydrogen-bond acceptors (Lipinski definition) is 3. The van der Waals surface area contributed by atoms with E-state index in [9.17, 15) is 0 Å². The minimum Gasteiger partial charge on any atom is -0.384 e. The Hall–Kier alpha value is -1.03. The van der Waals surface area contributed by atoms with Gasteiger partial charge in [-0.25, -0.2) is 0 Å². The summed E-state index contributed by atoms with van der Waals surface area (Å²) in [4.78, 5) is 0. The fourth-order valence-electron chi connectivity index (χ4n) is 1.99. The van der Waals surface area contributed by atoms with Crippen LogP contribution < -0.4 is 11.5 Å². The SMILES string of the molecule is Cn1nc2c(c1N)CC(CN)CC2. The van der Waals surface area contributed by atoms with E-state index >= 15 is 0 Å². The summed E-state index contributed by atoms with van der Waals surface area (Å²) in [7, 11) is 1.89. The number of nitrogens with two attached hydrogens (primary N) is 2. The maximum Gasteiger partial charge on any atom is 0.124 e. The number of anilines is 1. The first kappa shape index (κ1) is 8.56. The molecular weight excluding hydrogens is 164 g/mol. The molecule has 1 unspecified atom stereocenters. The van der Waals surface area contributed by atoms with E-state index in [1.165, 1.54) is 11.3 Å². The molecule has 0 saturated heterocycles. The normalized spacial score (nSPS) is 21.5. The van der Waals surface area contributed by atoms with Crippen molar-refractivity contribution in [2.24, 2.45) is 18.7 Å². The summed E-state index contributed by atoms with van der Waals surface area (Å²) >= 11 is 0. The lowest BCUT2D eigenvalue weighted by Crippen LogP contribution is -2.22. The average Bonchev–Trinajstić information content (AvgIpc) is 2.43. The lowest BCUT2D eigenvalue weighted by atomic mass is 9.87. The average molecular weight is 180 g/mol. The molecule has 0 aromatic carbocycles. The molecule has 1 aromatic rings. The molecule has 2 rings (SSSR count). The largest absolute Gasteiger partial charge is 0.384 e. The van der Waals surface area contributed by atoms with Crippen molar-refractivity contribution in [2.45, 2.75) is 19.3 Å². The van der Waals surface area contributed by atoms with E-state index in [0.717, 1.165) is 31.6 Å². The highest BCUT2D eigenvalue weighted by molar-refractivity contribution is 5.44. The molecule has 4 nitrogen and oxygen atoms in total. The van der Waals surface area contributed by atoms with E-state index in [0.29, 0.717) is 5.92 Å². The smallest absolute Gasteiger partial charge is 0.124 e. The van der Waals surface area contributed by atoms with Crippen molar-refractivity contribution in [1.82, 2.24) is 9.78 Å². The Morgan fingerprint density at radius 2 is 2.38 bits per heavy atom. The van der Waals surface area contributed by atoms with Crippen LogP contribution >= 0.6 is 0 Å². The summed E-state index contributed by atoms with van der Waals surface area (Å²) in [5.74, 6) is 1.41. The lowest BCUT2D eigenvalue weighted by molar-refractivity contribution is 0.466. The van der Waals surface area contributed by atoms with Gasteiger partial charge in [-0.1, -0.05) is 0 Å². The van der Waals surface area contributed by atoms with Crippen LogP contribution in [0.3, 0.4) is 0 Å². The molecule has 0 saturated carbocycles. The Morgan fingerprint density at radius 1 is 1.62 bits per heavy atom. The third kappa shape index (κ3) is 1.31. The van der Waals surface area contributed by atoms with Gasteiger partial charge >= 0.3 is 0 Å². The highest BCUT2D eigenvalue weighted by Gasteiger charge is 2.22. The molecule has 13 heavy (non-hydrogen) atoms. The molecular formula is C9H16N4. The van der Waals surface area contributed by atoms with Gasteiger partial charge in [0.05, 0.1) is 5.69 Å². The molecule has 0 amide bonds. The van der Waals surface area contributed by atoms with Crippen LogP contribution in [0, 0.1) is 5.92 Å². The predicted molar refractivity (Wildman–Crippen MR) is 52.2 cm³/mol. The number of rotatable bonds is 1.